The number of rotatable bonds is 7. The Hall–Kier alpha value is -3.70. The van der Waals surface area contributed by atoms with E-state index in [1.54, 1.807) is 38.1 Å². The molecule has 2 amide bonds. The number of urea groups is 1. The number of aliphatic carboxylic acids is 1. The highest BCUT2D eigenvalue weighted by molar-refractivity contribution is 6.32. The smallest absolute Gasteiger partial charge is 0.323 e. The molecule has 0 aliphatic carbocycles. The number of carboxylic acid groups (broad SMARTS) is 1. The number of hydrogen-bond acceptors (Lipinski definition) is 4. The molecular formula is C23H26ClN5O3. The van der Waals surface area contributed by atoms with Crippen molar-refractivity contribution in [1.82, 2.24) is 4.90 Å². The molecule has 0 heterocycles. The molecule has 0 unspecified atom stereocenters. The van der Waals surface area contributed by atoms with Gasteiger partial charge in [-0.05, 0) is 62.7 Å². The maximum absolute atomic E-state index is 12.5. The van der Waals surface area contributed by atoms with Crippen LogP contribution < -0.4 is 16.4 Å². The number of halogens is 1. The Kier molecular flexibility index (Phi) is 8.50. The van der Waals surface area contributed by atoms with Gasteiger partial charge in [-0.2, -0.15) is 0 Å². The van der Waals surface area contributed by atoms with E-state index in [1.165, 1.54) is 4.90 Å². The summed E-state index contributed by atoms with van der Waals surface area (Å²) in [5, 5.41) is 22.7. The lowest BCUT2D eigenvalue weighted by Crippen LogP contribution is -2.43. The van der Waals surface area contributed by atoms with Crippen LogP contribution in [0.5, 0.6) is 0 Å². The molecule has 168 valence electrons. The topological polar surface area (TPSA) is 132 Å². The van der Waals surface area contributed by atoms with Gasteiger partial charge >= 0.3 is 12.0 Å². The maximum atomic E-state index is 12.5. The van der Waals surface area contributed by atoms with Crippen LogP contribution in [0.1, 0.15) is 30.5 Å². The summed E-state index contributed by atoms with van der Waals surface area (Å²) in [6, 6.07) is 9.72. The lowest BCUT2D eigenvalue weighted by molar-refractivity contribution is -0.137. The van der Waals surface area contributed by atoms with Crippen molar-refractivity contribution < 1.29 is 14.7 Å². The van der Waals surface area contributed by atoms with E-state index in [-0.39, 0.29) is 11.9 Å². The zero-order valence-corrected chi connectivity index (χ0v) is 18.9. The summed E-state index contributed by atoms with van der Waals surface area (Å²) in [5.41, 5.74) is 8.79. The number of nitrogens with one attached hydrogen (secondary N) is 3. The Morgan fingerprint density at radius 1 is 1.25 bits per heavy atom. The fraction of sp³-hybridized carbons (Fsp3) is 0.261. The van der Waals surface area contributed by atoms with Gasteiger partial charge in [-0.3, -0.25) is 10.2 Å². The van der Waals surface area contributed by atoms with Crippen molar-refractivity contribution in [3.63, 3.8) is 0 Å². The number of amides is 2. The van der Waals surface area contributed by atoms with Crippen molar-refractivity contribution in [1.29, 1.82) is 5.41 Å². The summed E-state index contributed by atoms with van der Waals surface area (Å²) in [5.74, 6) is 4.93. The van der Waals surface area contributed by atoms with Gasteiger partial charge in [-0.25, -0.2) is 4.79 Å². The van der Waals surface area contributed by atoms with E-state index in [0.717, 1.165) is 11.3 Å². The summed E-state index contributed by atoms with van der Waals surface area (Å²) in [4.78, 5) is 24.7. The van der Waals surface area contributed by atoms with E-state index in [2.05, 4.69) is 22.5 Å². The second-order valence-electron chi connectivity index (χ2n) is 7.34. The predicted octanol–water partition coefficient (Wildman–Crippen LogP) is 3.72. The van der Waals surface area contributed by atoms with Crippen LogP contribution >= 0.6 is 11.6 Å². The average Bonchev–Trinajstić information content (AvgIpc) is 2.72. The SMILES string of the molecule is Cc1cc(C#CCNc2ccc(C(=N)N)cc2)c(Cl)cc1NC(=O)N(CC(=O)O)C(C)C. The molecule has 0 radical (unpaired) electrons. The second kappa shape index (κ2) is 11.1. The van der Waals surface area contributed by atoms with Crippen molar-refractivity contribution in [2.45, 2.75) is 26.8 Å². The zero-order chi connectivity index (χ0) is 23.8. The molecule has 2 aromatic rings. The van der Waals surface area contributed by atoms with Gasteiger partial charge in [0.05, 0.1) is 11.6 Å². The van der Waals surface area contributed by atoms with Gasteiger partial charge in [0.2, 0.25) is 0 Å². The largest absolute Gasteiger partial charge is 0.480 e. The summed E-state index contributed by atoms with van der Waals surface area (Å²) >= 11 is 6.34. The Balaban J connectivity index is 2.05. The van der Waals surface area contributed by atoms with Crippen molar-refractivity contribution in [3.05, 3.63) is 58.1 Å². The van der Waals surface area contributed by atoms with Crippen molar-refractivity contribution in [2.75, 3.05) is 23.7 Å². The van der Waals surface area contributed by atoms with Crippen molar-refractivity contribution in [2.24, 2.45) is 5.73 Å². The van der Waals surface area contributed by atoms with Crippen LogP contribution in [0, 0.1) is 24.2 Å². The van der Waals surface area contributed by atoms with Crippen LogP contribution in [-0.2, 0) is 4.79 Å². The lowest BCUT2D eigenvalue weighted by Gasteiger charge is -2.25. The summed E-state index contributed by atoms with van der Waals surface area (Å²) in [7, 11) is 0. The molecule has 2 aromatic carbocycles. The molecule has 0 saturated heterocycles. The second-order valence-corrected chi connectivity index (χ2v) is 7.75. The van der Waals surface area contributed by atoms with E-state index in [0.29, 0.717) is 28.4 Å². The van der Waals surface area contributed by atoms with Gasteiger partial charge in [0.15, 0.2) is 0 Å². The first-order valence-corrected chi connectivity index (χ1v) is 10.2. The molecule has 0 spiro atoms. The first-order valence-electron chi connectivity index (χ1n) is 9.85. The normalized spacial score (nSPS) is 10.2. The Bertz CT molecular complexity index is 1070. The van der Waals surface area contributed by atoms with Crippen LogP contribution in [0.15, 0.2) is 36.4 Å². The fourth-order valence-corrected chi connectivity index (χ4v) is 3.00. The number of carbonyl (C=O) groups is 2. The number of hydrogen-bond donors (Lipinski definition) is 5. The number of nitrogens with zero attached hydrogens (tertiary/aromatic N) is 1. The number of carbonyl (C=O) groups excluding carboxylic acids is 1. The third-order valence-electron chi connectivity index (χ3n) is 4.55. The summed E-state index contributed by atoms with van der Waals surface area (Å²) in [6.07, 6.45) is 0. The Morgan fingerprint density at radius 2 is 1.91 bits per heavy atom. The minimum Gasteiger partial charge on any atom is -0.480 e. The van der Waals surface area contributed by atoms with Gasteiger partial charge in [0.1, 0.15) is 12.4 Å². The van der Waals surface area contributed by atoms with Crippen LogP contribution in [0.3, 0.4) is 0 Å². The number of benzene rings is 2. The number of amidine groups is 1. The number of nitrogen functional groups attached to an aromatic ring is 1. The summed E-state index contributed by atoms with van der Waals surface area (Å²) < 4.78 is 0. The number of carboxylic acids is 1. The van der Waals surface area contributed by atoms with Gasteiger partial charge in [-0.15, -0.1) is 0 Å². The molecular weight excluding hydrogens is 430 g/mol. The molecule has 0 aliphatic heterocycles. The number of anilines is 2. The highest BCUT2D eigenvalue weighted by atomic mass is 35.5. The van der Waals surface area contributed by atoms with Gasteiger partial charge < -0.3 is 26.4 Å². The van der Waals surface area contributed by atoms with Crippen LogP contribution in [-0.4, -0.2) is 47.0 Å². The summed E-state index contributed by atoms with van der Waals surface area (Å²) in [6.45, 7) is 5.28. The van der Waals surface area contributed by atoms with Crippen LogP contribution in [0.25, 0.3) is 0 Å². The standard InChI is InChI=1S/C23H26ClN5O3/c1-14(2)29(13-21(30)31)23(32)28-20-12-19(24)17(11-15(20)3)5-4-10-27-18-8-6-16(7-9-18)22(25)26/h6-9,11-12,14,27H,10,13H2,1-3H3,(H3,25,26)(H,28,32)(H,30,31). The Morgan fingerprint density at radius 3 is 2.47 bits per heavy atom. The molecule has 0 atom stereocenters. The molecule has 0 aliphatic rings. The predicted molar refractivity (Wildman–Crippen MR) is 128 cm³/mol. The monoisotopic (exact) mass is 455 g/mol. The van der Waals surface area contributed by atoms with E-state index in [4.69, 9.17) is 27.9 Å². The van der Waals surface area contributed by atoms with Crippen LogP contribution in [0.4, 0.5) is 16.2 Å². The van der Waals surface area contributed by atoms with E-state index < -0.39 is 18.5 Å². The molecule has 0 bridgehead atoms. The zero-order valence-electron chi connectivity index (χ0n) is 18.1. The third-order valence-corrected chi connectivity index (χ3v) is 4.86. The van der Waals surface area contributed by atoms with Crippen molar-refractivity contribution in [3.8, 4) is 11.8 Å². The average molecular weight is 456 g/mol. The van der Waals surface area contributed by atoms with Gasteiger partial charge in [0, 0.05) is 28.5 Å². The van der Waals surface area contributed by atoms with E-state index >= 15 is 0 Å². The molecule has 2 rings (SSSR count). The molecule has 8 nitrogen and oxygen atoms in total. The molecule has 6 N–H and O–H groups in total. The minimum absolute atomic E-state index is 0.0137. The number of aryl methyl sites for hydroxylation is 1. The number of nitrogens with two attached hydrogens (primary N) is 1. The molecule has 0 fully saturated rings. The minimum atomic E-state index is -1.09. The highest BCUT2D eigenvalue weighted by Gasteiger charge is 2.20. The lowest BCUT2D eigenvalue weighted by atomic mass is 10.1. The van der Waals surface area contributed by atoms with Gasteiger partial charge in [-0.1, -0.05) is 23.4 Å². The molecule has 0 aromatic heterocycles. The van der Waals surface area contributed by atoms with E-state index in [9.17, 15) is 9.59 Å². The Labute approximate surface area is 192 Å². The molecule has 0 saturated carbocycles. The maximum Gasteiger partial charge on any atom is 0.323 e. The molecule has 32 heavy (non-hydrogen) atoms. The van der Waals surface area contributed by atoms with Gasteiger partial charge in [0.25, 0.3) is 0 Å². The fourth-order valence-electron chi connectivity index (χ4n) is 2.79. The first kappa shape index (κ1) is 24.6. The van der Waals surface area contributed by atoms with E-state index in [1.807, 2.05) is 19.1 Å². The molecule has 9 heteroatoms. The first-order chi connectivity index (χ1) is 15.1. The highest BCUT2D eigenvalue weighted by Crippen LogP contribution is 2.25. The van der Waals surface area contributed by atoms with Crippen molar-refractivity contribution >= 4 is 40.8 Å². The third kappa shape index (κ3) is 6.93. The van der Waals surface area contributed by atoms with Crippen LogP contribution in [0.2, 0.25) is 5.02 Å². The quantitative estimate of drug-likeness (QED) is 0.246.